The van der Waals surface area contributed by atoms with E-state index in [4.69, 9.17) is 10.00 Å². The van der Waals surface area contributed by atoms with E-state index in [1.54, 1.807) is 6.07 Å². The summed E-state index contributed by atoms with van der Waals surface area (Å²) >= 11 is 0. The molecule has 1 aromatic carbocycles. The lowest BCUT2D eigenvalue weighted by Crippen LogP contribution is -2.00. The number of ether oxygens (including phenoxy) is 1. The zero-order valence-corrected chi connectivity index (χ0v) is 10.1. The predicted octanol–water partition coefficient (Wildman–Crippen LogP) is 3.83. The van der Waals surface area contributed by atoms with Gasteiger partial charge in [-0.25, -0.2) is 0 Å². The van der Waals surface area contributed by atoms with Crippen LogP contribution in [0.5, 0.6) is 5.75 Å². The quantitative estimate of drug-likeness (QED) is 0.678. The molecule has 0 saturated heterocycles. The van der Waals surface area contributed by atoms with Crippen molar-refractivity contribution in [3.63, 3.8) is 0 Å². The number of para-hydroxylation sites is 1. The van der Waals surface area contributed by atoms with Crippen molar-refractivity contribution in [3.05, 3.63) is 29.3 Å². The van der Waals surface area contributed by atoms with Gasteiger partial charge in [0.25, 0.3) is 0 Å². The maximum absolute atomic E-state index is 8.95. The van der Waals surface area contributed by atoms with Gasteiger partial charge in [0.15, 0.2) is 0 Å². The number of unbranched alkanes of at least 4 members (excludes halogenated alkanes) is 3. The molecule has 0 unspecified atom stereocenters. The summed E-state index contributed by atoms with van der Waals surface area (Å²) in [5.74, 6) is 0.751. The average Bonchev–Trinajstić information content (AvgIpc) is 2.30. The van der Waals surface area contributed by atoms with Crippen LogP contribution in [0, 0.1) is 18.3 Å². The van der Waals surface area contributed by atoms with Crippen LogP contribution in [0.2, 0.25) is 0 Å². The van der Waals surface area contributed by atoms with Gasteiger partial charge in [-0.2, -0.15) is 5.26 Å². The Labute approximate surface area is 97.9 Å². The van der Waals surface area contributed by atoms with Crippen molar-refractivity contribution in [1.29, 1.82) is 5.26 Å². The van der Waals surface area contributed by atoms with E-state index in [2.05, 4.69) is 13.0 Å². The van der Waals surface area contributed by atoms with Gasteiger partial charge in [0.05, 0.1) is 12.2 Å². The largest absolute Gasteiger partial charge is 0.492 e. The van der Waals surface area contributed by atoms with Crippen molar-refractivity contribution < 1.29 is 4.74 Å². The molecule has 16 heavy (non-hydrogen) atoms. The molecule has 0 N–H and O–H groups in total. The van der Waals surface area contributed by atoms with E-state index in [1.807, 2.05) is 19.1 Å². The smallest absolute Gasteiger partial charge is 0.139 e. The molecule has 0 aliphatic rings. The zero-order chi connectivity index (χ0) is 11.8. The summed E-state index contributed by atoms with van der Waals surface area (Å²) in [4.78, 5) is 0. The SMILES string of the molecule is CCCCCCOc1c(C)cccc1C#N. The third-order valence-electron chi connectivity index (χ3n) is 2.58. The fourth-order valence-corrected chi connectivity index (χ4v) is 1.64. The summed E-state index contributed by atoms with van der Waals surface area (Å²) in [6, 6.07) is 7.82. The standard InChI is InChI=1S/C14H19NO/c1-3-4-5-6-10-16-14-12(2)8-7-9-13(14)11-15/h7-9H,3-6,10H2,1-2H3. The van der Waals surface area contributed by atoms with Gasteiger partial charge in [0.2, 0.25) is 0 Å². The number of hydrogen-bond donors (Lipinski definition) is 0. The van der Waals surface area contributed by atoms with Crippen LogP contribution < -0.4 is 4.74 Å². The molecule has 2 heteroatoms. The van der Waals surface area contributed by atoms with E-state index in [1.165, 1.54) is 19.3 Å². The van der Waals surface area contributed by atoms with E-state index < -0.39 is 0 Å². The Morgan fingerprint density at radius 3 is 2.75 bits per heavy atom. The summed E-state index contributed by atoms with van der Waals surface area (Å²) in [7, 11) is 0. The summed E-state index contributed by atoms with van der Waals surface area (Å²) in [5.41, 5.74) is 1.67. The highest BCUT2D eigenvalue weighted by molar-refractivity contribution is 5.47. The predicted molar refractivity (Wildman–Crippen MR) is 65.5 cm³/mol. The minimum absolute atomic E-state index is 0.635. The average molecular weight is 217 g/mol. The van der Waals surface area contributed by atoms with Crippen LogP contribution in [0.4, 0.5) is 0 Å². The normalized spacial score (nSPS) is 9.81. The highest BCUT2D eigenvalue weighted by Gasteiger charge is 2.05. The molecule has 0 aliphatic heterocycles. The van der Waals surface area contributed by atoms with Gasteiger partial charge < -0.3 is 4.74 Å². The van der Waals surface area contributed by atoms with Gasteiger partial charge in [-0.05, 0) is 25.0 Å². The zero-order valence-electron chi connectivity index (χ0n) is 10.1. The Bertz CT molecular complexity index is 365. The molecule has 0 aliphatic carbocycles. The van der Waals surface area contributed by atoms with Crippen molar-refractivity contribution >= 4 is 0 Å². The molecular formula is C14H19NO. The molecule has 1 rings (SSSR count). The second-order valence-electron chi connectivity index (χ2n) is 3.97. The summed E-state index contributed by atoms with van der Waals surface area (Å²) in [5, 5.41) is 8.95. The fraction of sp³-hybridized carbons (Fsp3) is 0.500. The third kappa shape index (κ3) is 3.58. The molecule has 0 fully saturated rings. The van der Waals surface area contributed by atoms with E-state index in [0.29, 0.717) is 12.2 Å². The van der Waals surface area contributed by atoms with Gasteiger partial charge >= 0.3 is 0 Å². The lowest BCUT2D eigenvalue weighted by atomic mass is 10.1. The van der Waals surface area contributed by atoms with Crippen molar-refractivity contribution in [2.24, 2.45) is 0 Å². The van der Waals surface area contributed by atoms with E-state index >= 15 is 0 Å². The van der Waals surface area contributed by atoms with Crippen LogP contribution in [-0.2, 0) is 0 Å². The first kappa shape index (κ1) is 12.6. The number of aryl methyl sites for hydroxylation is 1. The molecule has 0 atom stereocenters. The van der Waals surface area contributed by atoms with Gasteiger partial charge in [-0.1, -0.05) is 38.3 Å². The molecule has 86 valence electrons. The minimum Gasteiger partial charge on any atom is -0.492 e. The number of nitrogens with zero attached hydrogens (tertiary/aromatic N) is 1. The van der Waals surface area contributed by atoms with Crippen LogP contribution in [0.1, 0.15) is 43.7 Å². The Morgan fingerprint density at radius 2 is 2.06 bits per heavy atom. The van der Waals surface area contributed by atoms with Crippen LogP contribution in [0.25, 0.3) is 0 Å². The second-order valence-corrected chi connectivity index (χ2v) is 3.97. The highest BCUT2D eigenvalue weighted by atomic mass is 16.5. The topological polar surface area (TPSA) is 33.0 Å². The lowest BCUT2D eigenvalue weighted by Gasteiger charge is -2.10. The molecule has 0 radical (unpaired) electrons. The molecule has 0 spiro atoms. The van der Waals surface area contributed by atoms with Crippen molar-refractivity contribution in [1.82, 2.24) is 0 Å². The molecule has 0 amide bonds. The molecule has 2 nitrogen and oxygen atoms in total. The number of rotatable bonds is 6. The van der Waals surface area contributed by atoms with Crippen molar-refractivity contribution in [3.8, 4) is 11.8 Å². The lowest BCUT2D eigenvalue weighted by molar-refractivity contribution is 0.302. The highest BCUT2D eigenvalue weighted by Crippen LogP contribution is 2.22. The first-order valence-electron chi connectivity index (χ1n) is 5.92. The summed E-state index contributed by atoms with van der Waals surface area (Å²) in [6.45, 7) is 4.87. The summed E-state index contributed by atoms with van der Waals surface area (Å²) < 4.78 is 5.68. The van der Waals surface area contributed by atoms with Crippen molar-refractivity contribution in [2.45, 2.75) is 39.5 Å². The first-order valence-corrected chi connectivity index (χ1v) is 5.92. The van der Waals surface area contributed by atoms with Crippen LogP contribution in [0.15, 0.2) is 18.2 Å². The molecular weight excluding hydrogens is 198 g/mol. The van der Waals surface area contributed by atoms with Crippen LogP contribution >= 0.6 is 0 Å². The minimum atomic E-state index is 0.635. The Morgan fingerprint density at radius 1 is 1.25 bits per heavy atom. The first-order chi connectivity index (χ1) is 7.79. The van der Waals surface area contributed by atoms with Gasteiger partial charge in [0.1, 0.15) is 11.8 Å². The maximum Gasteiger partial charge on any atom is 0.139 e. The summed E-state index contributed by atoms with van der Waals surface area (Å²) in [6.07, 6.45) is 4.74. The Balaban J connectivity index is 2.50. The Kier molecular flexibility index (Phi) is 5.42. The Hall–Kier alpha value is -1.49. The molecule has 0 heterocycles. The third-order valence-corrected chi connectivity index (χ3v) is 2.58. The van der Waals surface area contributed by atoms with Gasteiger partial charge in [0, 0.05) is 0 Å². The number of nitriles is 1. The van der Waals surface area contributed by atoms with Gasteiger partial charge in [-0.15, -0.1) is 0 Å². The van der Waals surface area contributed by atoms with E-state index in [9.17, 15) is 0 Å². The van der Waals surface area contributed by atoms with Gasteiger partial charge in [-0.3, -0.25) is 0 Å². The number of benzene rings is 1. The fourth-order valence-electron chi connectivity index (χ4n) is 1.64. The molecule has 1 aromatic rings. The van der Waals surface area contributed by atoms with E-state index in [-0.39, 0.29) is 0 Å². The molecule has 0 bridgehead atoms. The number of hydrogen-bond acceptors (Lipinski definition) is 2. The van der Waals surface area contributed by atoms with Crippen molar-refractivity contribution in [2.75, 3.05) is 6.61 Å². The molecule has 0 aromatic heterocycles. The second kappa shape index (κ2) is 6.90. The maximum atomic E-state index is 8.95. The van der Waals surface area contributed by atoms with E-state index in [0.717, 1.165) is 17.7 Å². The monoisotopic (exact) mass is 217 g/mol. The van der Waals surface area contributed by atoms with Crippen LogP contribution in [-0.4, -0.2) is 6.61 Å². The molecule has 0 saturated carbocycles. The van der Waals surface area contributed by atoms with Crippen LogP contribution in [0.3, 0.4) is 0 Å².